The van der Waals surface area contributed by atoms with Crippen molar-refractivity contribution >= 4 is 17.5 Å². The van der Waals surface area contributed by atoms with Gasteiger partial charge in [0.15, 0.2) is 0 Å². The van der Waals surface area contributed by atoms with Crippen LogP contribution < -0.4 is 0 Å². The van der Waals surface area contributed by atoms with Crippen molar-refractivity contribution in [2.75, 3.05) is 13.1 Å². The van der Waals surface area contributed by atoms with E-state index in [1.165, 1.54) is 5.56 Å². The van der Waals surface area contributed by atoms with Crippen molar-refractivity contribution in [1.29, 1.82) is 0 Å². The Morgan fingerprint density at radius 1 is 1.04 bits per heavy atom. The van der Waals surface area contributed by atoms with E-state index in [1.807, 2.05) is 35.2 Å². The Hall–Kier alpha value is -1.84. The maximum absolute atomic E-state index is 12.5. The molecule has 0 aromatic heterocycles. The average Bonchev–Trinajstić information content (AvgIpc) is 2.61. The number of carbonyl (C=O) groups excluding carboxylic acids is 1. The van der Waals surface area contributed by atoms with Crippen molar-refractivity contribution < 1.29 is 9.53 Å². The maximum Gasteiger partial charge on any atom is 0.255 e. The molecule has 1 fully saturated rings. The highest BCUT2D eigenvalue weighted by Crippen LogP contribution is 2.21. The van der Waals surface area contributed by atoms with E-state index in [9.17, 15) is 4.79 Å². The lowest BCUT2D eigenvalue weighted by Gasteiger charge is -2.32. The average molecular weight is 330 g/mol. The molecule has 120 valence electrons. The van der Waals surface area contributed by atoms with Crippen molar-refractivity contribution in [1.82, 2.24) is 4.90 Å². The topological polar surface area (TPSA) is 29.5 Å². The Morgan fingerprint density at radius 2 is 1.70 bits per heavy atom. The SMILES string of the molecule is O=C(c1ccccc1Cl)N1CCC(OCc2ccccc2)CC1. The van der Waals surface area contributed by atoms with Gasteiger partial charge in [0.25, 0.3) is 5.91 Å². The summed E-state index contributed by atoms with van der Waals surface area (Å²) in [6.07, 6.45) is 1.94. The molecule has 3 rings (SSSR count). The summed E-state index contributed by atoms with van der Waals surface area (Å²) in [4.78, 5) is 14.4. The van der Waals surface area contributed by atoms with Gasteiger partial charge in [0, 0.05) is 13.1 Å². The standard InChI is InChI=1S/C19H20ClNO2/c20-18-9-5-4-8-17(18)19(22)21-12-10-16(11-13-21)23-14-15-6-2-1-3-7-15/h1-9,16H,10-14H2. The Kier molecular flexibility index (Phi) is 5.31. The maximum atomic E-state index is 12.5. The van der Waals surface area contributed by atoms with Gasteiger partial charge >= 0.3 is 0 Å². The van der Waals surface area contributed by atoms with Crippen LogP contribution in [-0.2, 0) is 11.3 Å². The molecular formula is C19H20ClNO2. The molecular weight excluding hydrogens is 310 g/mol. The van der Waals surface area contributed by atoms with Gasteiger partial charge in [-0.05, 0) is 30.5 Å². The number of hydrogen-bond donors (Lipinski definition) is 0. The number of piperidine rings is 1. The number of carbonyl (C=O) groups is 1. The lowest BCUT2D eigenvalue weighted by atomic mass is 10.1. The van der Waals surface area contributed by atoms with Crippen LogP contribution in [0.3, 0.4) is 0 Å². The third-order valence-corrected chi connectivity index (χ3v) is 4.49. The Labute approximate surface area is 141 Å². The highest BCUT2D eigenvalue weighted by molar-refractivity contribution is 6.33. The summed E-state index contributed by atoms with van der Waals surface area (Å²) in [5.41, 5.74) is 1.76. The van der Waals surface area contributed by atoms with Gasteiger partial charge in [-0.2, -0.15) is 0 Å². The Morgan fingerprint density at radius 3 is 2.39 bits per heavy atom. The van der Waals surface area contributed by atoms with Gasteiger partial charge in [-0.1, -0.05) is 54.1 Å². The molecule has 0 N–H and O–H groups in total. The van der Waals surface area contributed by atoms with Crippen LogP contribution in [0, 0.1) is 0 Å². The van der Waals surface area contributed by atoms with E-state index in [2.05, 4.69) is 12.1 Å². The predicted octanol–water partition coefficient (Wildman–Crippen LogP) is 4.16. The molecule has 0 saturated carbocycles. The number of likely N-dealkylation sites (tertiary alicyclic amines) is 1. The smallest absolute Gasteiger partial charge is 0.255 e. The molecule has 2 aromatic rings. The number of nitrogens with zero attached hydrogens (tertiary/aromatic N) is 1. The highest BCUT2D eigenvalue weighted by Gasteiger charge is 2.25. The molecule has 1 aliphatic heterocycles. The molecule has 4 heteroatoms. The van der Waals surface area contributed by atoms with Crippen molar-refractivity contribution in [3.8, 4) is 0 Å². The zero-order valence-electron chi connectivity index (χ0n) is 13.0. The van der Waals surface area contributed by atoms with E-state index in [0.29, 0.717) is 30.3 Å². The van der Waals surface area contributed by atoms with Gasteiger partial charge in [0.2, 0.25) is 0 Å². The monoisotopic (exact) mass is 329 g/mol. The Balaban J connectivity index is 1.50. The van der Waals surface area contributed by atoms with Gasteiger partial charge in [0.1, 0.15) is 0 Å². The lowest BCUT2D eigenvalue weighted by molar-refractivity contribution is -0.000374. The quantitative estimate of drug-likeness (QED) is 0.843. The second kappa shape index (κ2) is 7.62. The van der Waals surface area contributed by atoms with Crippen molar-refractivity contribution in [3.05, 3.63) is 70.7 Å². The molecule has 23 heavy (non-hydrogen) atoms. The summed E-state index contributed by atoms with van der Waals surface area (Å²) in [6, 6.07) is 17.4. The normalized spacial score (nSPS) is 15.6. The first-order chi connectivity index (χ1) is 11.2. The molecule has 0 spiro atoms. The summed E-state index contributed by atoms with van der Waals surface area (Å²) in [5, 5.41) is 0.514. The summed E-state index contributed by atoms with van der Waals surface area (Å²) in [7, 11) is 0. The van der Waals surface area contributed by atoms with Gasteiger partial charge < -0.3 is 9.64 Å². The molecule has 1 heterocycles. The third-order valence-electron chi connectivity index (χ3n) is 4.16. The molecule has 1 amide bonds. The number of halogens is 1. The second-order valence-corrected chi connectivity index (χ2v) is 6.18. The van der Waals surface area contributed by atoms with Gasteiger partial charge in [-0.15, -0.1) is 0 Å². The van der Waals surface area contributed by atoms with E-state index in [0.717, 1.165) is 12.8 Å². The summed E-state index contributed by atoms with van der Waals surface area (Å²) < 4.78 is 5.96. The first-order valence-corrected chi connectivity index (χ1v) is 8.31. The van der Waals surface area contributed by atoms with Crippen LogP contribution in [0.25, 0.3) is 0 Å². The molecule has 1 aliphatic rings. The van der Waals surface area contributed by atoms with Crippen LogP contribution in [-0.4, -0.2) is 30.0 Å². The predicted molar refractivity (Wildman–Crippen MR) is 91.6 cm³/mol. The van der Waals surface area contributed by atoms with E-state index in [4.69, 9.17) is 16.3 Å². The highest BCUT2D eigenvalue weighted by atomic mass is 35.5. The lowest BCUT2D eigenvalue weighted by Crippen LogP contribution is -2.40. The largest absolute Gasteiger partial charge is 0.373 e. The Bertz CT molecular complexity index is 651. The zero-order valence-corrected chi connectivity index (χ0v) is 13.7. The molecule has 0 bridgehead atoms. The minimum absolute atomic E-state index is 0.0112. The van der Waals surface area contributed by atoms with Crippen molar-refractivity contribution in [3.63, 3.8) is 0 Å². The summed E-state index contributed by atoms with van der Waals surface area (Å²) in [5.74, 6) is 0.0112. The van der Waals surface area contributed by atoms with Crippen LogP contribution in [0.1, 0.15) is 28.8 Å². The minimum Gasteiger partial charge on any atom is -0.373 e. The zero-order chi connectivity index (χ0) is 16.1. The molecule has 0 unspecified atom stereocenters. The number of rotatable bonds is 4. The minimum atomic E-state index is 0.0112. The van der Waals surface area contributed by atoms with Crippen LogP contribution in [0.5, 0.6) is 0 Å². The van der Waals surface area contributed by atoms with Gasteiger partial charge in [-0.25, -0.2) is 0 Å². The van der Waals surface area contributed by atoms with Gasteiger partial charge in [-0.3, -0.25) is 4.79 Å². The molecule has 1 saturated heterocycles. The van der Waals surface area contributed by atoms with Gasteiger partial charge in [0.05, 0.1) is 23.3 Å². The van der Waals surface area contributed by atoms with Crippen molar-refractivity contribution in [2.45, 2.75) is 25.6 Å². The van der Waals surface area contributed by atoms with Crippen LogP contribution in [0.15, 0.2) is 54.6 Å². The molecule has 0 atom stereocenters. The fourth-order valence-corrected chi connectivity index (χ4v) is 3.04. The van der Waals surface area contributed by atoms with E-state index < -0.39 is 0 Å². The molecule has 2 aromatic carbocycles. The number of benzene rings is 2. The molecule has 3 nitrogen and oxygen atoms in total. The van der Waals surface area contributed by atoms with Crippen LogP contribution in [0.2, 0.25) is 5.02 Å². The van der Waals surface area contributed by atoms with E-state index >= 15 is 0 Å². The van der Waals surface area contributed by atoms with E-state index in [-0.39, 0.29) is 12.0 Å². The molecule has 0 radical (unpaired) electrons. The van der Waals surface area contributed by atoms with Crippen molar-refractivity contribution in [2.24, 2.45) is 0 Å². The van der Waals surface area contributed by atoms with E-state index in [1.54, 1.807) is 12.1 Å². The van der Waals surface area contributed by atoms with Crippen LogP contribution in [0.4, 0.5) is 0 Å². The number of ether oxygens (including phenoxy) is 1. The van der Waals surface area contributed by atoms with Crippen LogP contribution >= 0.6 is 11.6 Å². The third kappa shape index (κ3) is 4.12. The number of amides is 1. The number of hydrogen-bond acceptors (Lipinski definition) is 2. The fraction of sp³-hybridized carbons (Fsp3) is 0.316. The summed E-state index contributed by atoms with van der Waals surface area (Å²) in [6.45, 7) is 2.05. The second-order valence-electron chi connectivity index (χ2n) is 5.77. The fourth-order valence-electron chi connectivity index (χ4n) is 2.82. The first kappa shape index (κ1) is 16.0. The first-order valence-electron chi connectivity index (χ1n) is 7.93. The summed E-state index contributed by atoms with van der Waals surface area (Å²) >= 11 is 6.11. The molecule has 0 aliphatic carbocycles.